The SMILES string of the molecule is OC1(CCC(F)F)CCNCC1. The van der Waals surface area contributed by atoms with E-state index in [1.165, 1.54) is 0 Å². The Morgan fingerprint density at radius 2 is 1.92 bits per heavy atom. The van der Waals surface area contributed by atoms with Gasteiger partial charge in [0.1, 0.15) is 0 Å². The summed E-state index contributed by atoms with van der Waals surface area (Å²) in [6, 6.07) is 0. The van der Waals surface area contributed by atoms with Gasteiger partial charge in [0.05, 0.1) is 5.60 Å². The number of halogens is 2. The van der Waals surface area contributed by atoms with Gasteiger partial charge >= 0.3 is 0 Å². The van der Waals surface area contributed by atoms with E-state index in [-0.39, 0.29) is 12.8 Å². The molecule has 4 heteroatoms. The van der Waals surface area contributed by atoms with Crippen molar-refractivity contribution >= 4 is 0 Å². The zero-order chi connectivity index (χ0) is 9.03. The highest BCUT2D eigenvalue weighted by molar-refractivity contribution is 4.84. The third-order valence-electron chi connectivity index (χ3n) is 2.36. The van der Waals surface area contributed by atoms with Crippen LogP contribution in [0.2, 0.25) is 0 Å². The lowest BCUT2D eigenvalue weighted by molar-refractivity contribution is -0.0138. The largest absolute Gasteiger partial charge is 0.390 e. The lowest BCUT2D eigenvalue weighted by Crippen LogP contribution is -2.42. The van der Waals surface area contributed by atoms with Crippen LogP contribution in [0.3, 0.4) is 0 Å². The average molecular weight is 179 g/mol. The lowest BCUT2D eigenvalue weighted by Gasteiger charge is -2.32. The first kappa shape index (κ1) is 9.86. The molecule has 12 heavy (non-hydrogen) atoms. The van der Waals surface area contributed by atoms with Crippen LogP contribution in [-0.4, -0.2) is 30.2 Å². The summed E-state index contributed by atoms with van der Waals surface area (Å²) in [5.74, 6) is 0. The van der Waals surface area contributed by atoms with Gasteiger partial charge in [-0.3, -0.25) is 0 Å². The Hall–Kier alpha value is -0.220. The Morgan fingerprint density at radius 3 is 2.42 bits per heavy atom. The summed E-state index contributed by atoms with van der Waals surface area (Å²) >= 11 is 0. The van der Waals surface area contributed by atoms with E-state index in [1.54, 1.807) is 0 Å². The second kappa shape index (κ2) is 4.14. The van der Waals surface area contributed by atoms with Gasteiger partial charge in [-0.2, -0.15) is 0 Å². The number of rotatable bonds is 3. The molecule has 0 spiro atoms. The molecule has 0 aromatic heterocycles. The fraction of sp³-hybridized carbons (Fsp3) is 1.00. The van der Waals surface area contributed by atoms with Gasteiger partial charge in [0.25, 0.3) is 0 Å². The van der Waals surface area contributed by atoms with Gasteiger partial charge in [-0.25, -0.2) is 8.78 Å². The molecular formula is C8H15F2NO. The van der Waals surface area contributed by atoms with Gasteiger partial charge in [0.15, 0.2) is 0 Å². The van der Waals surface area contributed by atoms with E-state index in [2.05, 4.69) is 5.32 Å². The summed E-state index contributed by atoms with van der Waals surface area (Å²) in [7, 11) is 0. The zero-order valence-corrected chi connectivity index (χ0v) is 7.02. The first-order chi connectivity index (χ1) is 5.62. The lowest BCUT2D eigenvalue weighted by atomic mass is 9.88. The number of hydrogen-bond donors (Lipinski definition) is 2. The monoisotopic (exact) mass is 179 g/mol. The van der Waals surface area contributed by atoms with Crippen molar-refractivity contribution in [2.75, 3.05) is 13.1 Å². The quantitative estimate of drug-likeness (QED) is 0.681. The predicted molar refractivity (Wildman–Crippen MR) is 42.3 cm³/mol. The van der Waals surface area contributed by atoms with Crippen molar-refractivity contribution in [3.8, 4) is 0 Å². The highest BCUT2D eigenvalue weighted by Crippen LogP contribution is 2.25. The van der Waals surface area contributed by atoms with Crippen LogP contribution < -0.4 is 5.32 Å². The molecule has 2 N–H and O–H groups in total. The molecule has 1 heterocycles. The smallest absolute Gasteiger partial charge is 0.238 e. The van der Waals surface area contributed by atoms with Crippen molar-refractivity contribution in [1.29, 1.82) is 0 Å². The number of alkyl halides is 2. The molecular weight excluding hydrogens is 164 g/mol. The van der Waals surface area contributed by atoms with E-state index < -0.39 is 12.0 Å². The van der Waals surface area contributed by atoms with Crippen molar-refractivity contribution in [3.05, 3.63) is 0 Å². The molecule has 0 atom stereocenters. The molecule has 1 fully saturated rings. The summed E-state index contributed by atoms with van der Waals surface area (Å²) in [4.78, 5) is 0. The summed E-state index contributed by atoms with van der Waals surface area (Å²) < 4.78 is 23.7. The molecule has 0 aliphatic carbocycles. The van der Waals surface area contributed by atoms with E-state index in [0.29, 0.717) is 12.8 Å². The molecule has 0 unspecified atom stereocenters. The van der Waals surface area contributed by atoms with Crippen molar-refractivity contribution in [3.63, 3.8) is 0 Å². The van der Waals surface area contributed by atoms with Crippen molar-refractivity contribution < 1.29 is 13.9 Å². The predicted octanol–water partition coefficient (Wildman–Crippen LogP) is 1.15. The third-order valence-corrected chi connectivity index (χ3v) is 2.36. The Bertz CT molecular complexity index is 135. The molecule has 1 rings (SSSR count). The molecule has 72 valence electrons. The van der Waals surface area contributed by atoms with Gasteiger partial charge in [-0.05, 0) is 32.4 Å². The maximum absolute atomic E-state index is 11.8. The second-order valence-electron chi connectivity index (χ2n) is 3.40. The summed E-state index contributed by atoms with van der Waals surface area (Å²) in [5.41, 5.74) is -0.832. The summed E-state index contributed by atoms with van der Waals surface area (Å²) in [6.07, 6.45) is -1.05. The molecule has 1 saturated heterocycles. The van der Waals surface area contributed by atoms with Crippen LogP contribution in [0.5, 0.6) is 0 Å². The topological polar surface area (TPSA) is 32.3 Å². The minimum Gasteiger partial charge on any atom is -0.390 e. The molecule has 0 radical (unpaired) electrons. The van der Waals surface area contributed by atoms with Crippen LogP contribution in [0, 0.1) is 0 Å². The Labute approximate surface area is 71.0 Å². The minimum atomic E-state index is -2.29. The zero-order valence-electron chi connectivity index (χ0n) is 7.02. The third kappa shape index (κ3) is 3.03. The number of aliphatic hydroxyl groups is 1. The van der Waals surface area contributed by atoms with Crippen molar-refractivity contribution in [2.24, 2.45) is 0 Å². The first-order valence-corrected chi connectivity index (χ1v) is 4.34. The molecule has 0 bridgehead atoms. The maximum Gasteiger partial charge on any atom is 0.238 e. The molecule has 0 aromatic carbocycles. The normalized spacial score (nSPS) is 23.0. The summed E-state index contributed by atoms with van der Waals surface area (Å²) in [5, 5.41) is 12.8. The van der Waals surface area contributed by atoms with Gasteiger partial charge in [-0.1, -0.05) is 0 Å². The number of nitrogens with one attached hydrogen (secondary N) is 1. The average Bonchev–Trinajstić information content (AvgIpc) is 2.03. The molecule has 0 amide bonds. The first-order valence-electron chi connectivity index (χ1n) is 4.34. The van der Waals surface area contributed by atoms with Crippen molar-refractivity contribution in [2.45, 2.75) is 37.7 Å². The molecule has 2 nitrogen and oxygen atoms in total. The van der Waals surface area contributed by atoms with Crippen LogP contribution in [0.25, 0.3) is 0 Å². The van der Waals surface area contributed by atoms with E-state index in [0.717, 1.165) is 13.1 Å². The van der Waals surface area contributed by atoms with Crippen molar-refractivity contribution in [1.82, 2.24) is 5.32 Å². The van der Waals surface area contributed by atoms with Crippen LogP contribution in [0.4, 0.5) is 8.78 Å². The summed E-state index contributed by atoms with van der Waals surface area (Å²) in [6.45, 7) is 1.47. The highest BCUT2D eigenvalue weighted by atomic mass is 19.3. The van der Waals surface area contributed by atoms with Crippen LogP contribution >= 0.6 is 0 Å². The standard InChI is InChI=1S/C8H15F2NO/c9-7(10)1-2-8(12)3-5-11-6-4-8/h7,11-12H,1-6H2. The fourth-order valence-electron chi connectivity index (χ4n) is 1.52. The van der Waals surface area contributed by atoms with Crippen LogP contribution in [0.15, 0.2) is 0 Å². The fourth-order valence-corrected chi connectivity index (χ4v) is 1.52. The van der Waals surface area contributed by atoms with E-state index in [4.69, 9.17) is 0 Å². The Kier molecular flexibility index (Phi) is 3.40. The highest BCUT2D eigenvalue weighted by Gasteiger charge is 2.29. The Morgan fingerprint density at radius 1 is 1.33 bits per heavy atom. The van der Waals surface area contributed by atoms with Gasteiger partial charge in [0, 0.05) is 6.42 Å². The molecule has 0 saturated carbocycles. The number of hydrogen-bond acceptors (Lipinski definition) is 2. The van der Waals surface area contributed by atoms with Gasteiger partial charge in [0.2, 0.25) is 6.43 Å². The van der Waals surface area contributed by atoms with E-state index in [9.17, 15) is 13.9 Å². The minimum absolute atomic E-state index is 0.184. The maximum atomic E-state index is 11.8. The molecule has 0 aromatic rings. The van der Waals surface area contributed by atoms with Gasteiger partial charge in [-0.15, -0.1) is 0 Å². The number of piperidine rings is 1. The van der Waals surface area contributed by atoms with Crippen LogP contribution in [-0.2, 0) is 0 Å². The van der Waals surface area contributed by atoms with Crippen LogP contribution in [0.1, 0.15) is 25.7 Å². The van der Waals surface area contributed by atoms with E-state index in [1.807, 2.05) is 0 Å². The van der Waals surface area contributed by atoms with Gasteiger partial charge < -0.3 is 10.4 Å². The second-order valence-corrected chi connectivity index (χ2v) is 3.40. The van der Waals surface area contributed by atoms with E-state index >= 15 is 0 Å². The molecule has 1 aliphatic rings. The molecule has 1 aliphatic heterocycles. The Balaban J connectivity index is 2.26.